The highest BCUT2D eigenvalue weighted by atomic mass is 16.5. The third kappa shape index (κ3) is 4.33. The smallest absolute Gasteiger partial charge is 0.155 e. The van der Waals surface area contributed by atoms with E-state index in [9.17, 15) is 0 Å². The number of benzene rings is 3. The molecule has 1 aromatic heterocycles. The highest BCUT2D eigenvalue weighted by Gasteiger charge is 2.19. The summed E-state index contributed by atoms with van der Waals surface area (Å²) in [7, 11) is 1.68. The molecule has 0 saturated heterocycles. The molecule has 1 N–H and O–H groups in total. The van der Waals surface area contributed by atoms with Gasteiger partial charge < -0.3 is 4.74 Å². The van der Waals surface area contributed by atoms with Crippen molar-refractivity contribution in [1.29, 1.82) is 0 Å². The van der Waals surface area contributed by atoms with Gasteiger partial charge in [0, 0.05) is 29.1 Å². The van der Waals surface area contributed by atoms with Crippen molar-refractivity contribution in [3.05, 3.63) is 114 Å². The molecular weight excluding hydrogens is 420 g/mol. The Kier molecular flexibility index (Phi) is 5.91. The molecule has 2 heterocycles. The van der Waals surface area contributed by atoms with Crippen LogP contribution in [0.25, 0.3) is 11.1 Å². The summed E-state index contributed by atoms with van der Waals surface area (Å²) in [4.78, 5) is 9.14. The maximum atomic E-state index is 5.28. The van der Waals surface area contributed by atoms with Gasteiger partial charge in [-0.3, -0.25) is 10.4 Å². The van der Waals surface area contributed by atoms with Gasteiger partial charge in [-0.25, -0.2) is 4.99 Å². The number of ether oxygens (including phenoxy) is 1. The maximum absolute atomic E-state index is 5.28. The Hall–Kier alpha value is -4.25. The summed E-state index contributed by atoms with van der Waals surface area (Å²) in [5, 5.41) is 4.81. The van der Waals surface area contributed by atoms with Crippen molar-refractivity contribution in [3.8, 4) is 16.9 Å². The summed E-state index contributed by atoms with van der Waals surface area (Å²) in [5.41, 5.74) is 11.4. The number of aliphatic imine (C=N–C) groups is 1. The molecule has 34 heavy (non-hydrogen) atoms. The molecule has 5 nitrogen and oxygen atoms in total. The van der Waals surface area contributed by atoms with Crippen LogP contribution in [0, 0.1) is 0 Å². The van der Waals surface area contributed by atoms with Gasteiger partial charge in [-0.2, -0.15) is 5.10 Å². The molecule has 0 fully saturated rings. The van der Waals surface area contributed by atoms with E-state index in [2.05, 4.69) is 78.9 Å². The number of hydrogen-bond acceptors (Lipinski definition) is 5. The van der Waals surface area contributed by atoms with E-state index in [0.29, 0.717) is 11.8 Å². The van der Waals surface area contributed by atoms with Gasteiger partial charge in [-0.05, 0) is 59.0 Å². The molecule has 3 aromatic carbocycles. The highest BCUT2D eigenvalue weighted by molar-refractivity contribution is 6.18. The number of nitrogens with one attached hydrogen (secondary N) is 1. The Balaban J connectivity index is 1.56. The first kappa shape index (κ1) is 21.6. The monoisotopic (exact) mass is 446 g/mol. The number of hydrogen-bond donors (Lipinski definition) is 1. The van der Waals surface area contributed by atoms with E-state index in [1.165, 1.54) is 5.56 Å². The first-order valence-electron chi connectivity index (χ1n) is 11.3. The molecule has 0 atom stereocenters. The molecule has 0 aliphatic carbocycles. The highest BCUT2D eigenvalue weighted by Crippen LogP contribution is 2.30. The molecule has 168 valence electrons. The average molecular weight is 447 g/mol. The minimum absolute atomic E-state index is 0.405. The minimum Gasteiger partial charge on any atom is -0.497 e. The molecule has 4 aromatic rings. The molecular formula is C29H26N4O. The standard InChI is InChI=1S/C29H26N4O/c1-19(2)23-12-15-27-26(17-23)28(32-33-29(31-27)24-5-4-16-30-18-24)22-8-6-20(7-9-22)21-10-13-25(34-3)14-11-21/h4-19H,1-3H3,(H,31,33). The number of amidine groups is 1. The maximum Gasteiger partial charge on any atom is 0.155 e. The van der Waals surface area contributed by atoms with Crippen molar-refractivity contribution in [2.24, 2.45) is 10.1 Å². The lowest BCUT2D eigenvalue weighted by atomic mass is 9.94. The molecule has 0 unspecified atom stereocenters. The Morgan fingerprint density at radius 2 is 1.50 bits per heavy atom. The molecule has 0 radical (unpaired) electrons. The number of pyridine rings is 1. The van der Waals surface area contributed by atoms with Gasteiger partial charge >= 0.3 is 0 Å². The topological polar surface area (TPSA) is 58.9 Å². The predicted octanol–water partition coefficient (Wildman–Crippen LogP) is 6.31. The second-order valence-corrected chi connectivity index (χ2v) is 8.51. The fraction of sp³-hybridized carbons (Fsp3) is 0.138. The van der Waals surface area contributed by atoms with Crippen LogP contribution in [0.5, 0.6) is 5.75 Å². The van der Waals surface area contributed by atoms with E-state index in [-0.39, 0.29) is 0 Å². The zero-order valence-corrected chi connectivity index (χ0v) is 19.5. The second kappa shape index (κ2) is 9.32. The summed E-state index contributed by atoms with van der Waals surface area (Å²) in [6, 6.07) is 26.9. The fourth-order valence-corrected chi connectivity index (χ4v) is 3.97. The number of fused-ring (bicyclic) bond motifs is 1. The van der Waals surface area contributed by atoms with Crippen molar-refractivity contribution in [1.82, 2.24) is 10.4 Å². The van der Waals surface area contributed by atoms with Crippen molar-refractivity contribution in [2.75, 3.05) is 7.11 Å². The van der Waals surface area contributed by atoms with Crippen molar-refractivity contribution < 1.29 is 4.74 Å². The summed E-state index contributed by atoms with van der Waals surface area (Å²) < 4.78 is 5.28. The third-order valence-corrected chi connectivity index (χ3v) is 5.96. The van der Waals surface area contributed by atoms with Gasteiger partial charge in [0.25, 0.3) is 0 Å². The van der Waals surface area contributed by atoms with Crippen LogP contribution in [0.4, 0.5) is 5.69 Å². The molecule has 0 amide bonds. The third-order valence-electron chi connectivity index (χ3n) is 5.96. The van der Waals surface area contributed by atoms with E-state index in [4.69, 9.17) is 14.8 Å². The van der Waals surface area contributed by atoms with Gasteiger partial charge in [0.05, 0.1) is 18.5 Å². The Bertz CT molecular complexity index is 1360. The summed E-state index contributed by atoms with van der Waals surface area (Å²) in [5.74, 6) is 1.93. The quantitative estimate of drug-likeness (QED) is 0.391. The molecule has 0 saturated carbocycles. The lowest BCUT2D eigenvalue weighted by molar-refractivity contribution is 0.415. The number of hydrazone groups is 1. The van der Waals surface area contributed by atoms with E-state index < -0.39 is 0 Å². The van der Waals surface area contributed by atoms with Crippen LogP contribution in [0.1, 0.15) is 42.0 Å². The fourth-order valence-electron chi connectivity index (χ4n) is 3.97. The molecule has 1 aliphatic heterocycles. The molecule has 0 bridgehead atoms. The SMILES string of the molecule is COc1ccc(-c2ccc(C3=NNC(c4cccnc4)=Nc4ccc(C(C)C)cc43)cc2)cc1. The number of methoxy groups -OCH3 is 1. The molecule has 1 aliphatic rings. The largest absolute Gasteiger partial charge is 0.497 e. The first-order chi connectivity index (χ1) is 16.6. The minimum atomic E-state index is 0.405. The van der Waals surface area contributed by atoms with Crippen molar-refractivity contribution >= 4 is 17.2 Å². The van der Waals surface area contributed by atoms with E-state index in [0.717, 1.165) is 45.0 Å². The van der Waals surface area contributed by atoms with Crippen LogP contribution in [-0.2, 0) is 0 Å². The normalized spacial score (nSPS) is 12.8. The Morgan fingerprint density at radius 1 is 0.794 bits per heavy atom. The number of aromatic nitrogens is 1. The van der Waals surface area contributed by atoms with E-state index in [1.807, 2.05) is 24.3 Å². The summed E-state index contributed by atoms with van der Waals surface area (Å²) in [6.45, 7) is 4.39. The van der Waals surface area contributed by atoms with Crippen LogP contribution < -0.4 is 10.2 Å². The van der Waals surface area contributed by atoms with Crippen LogP contribution in [0.2, 0.25) is 0 Å². The van der Waals surface area contributed by atoms with Crippen LogP contribution in [0.15, 0.2) is 101 Å². The van der Waals surface area contributed by atoms with Gasteiger partial charge in [0.15, 0.2) is 5.84 Å². The molecule has 5 heteroatoms. The van der Waals surface area contributed by atoms with Gasteiger partial charge in [-0.15, -0.1) is 0 Å². The van der Waals surface area contributed by atoms with Crippen molar-refractivity contribution in [3.63, 3.8) is 0 Å². The van der Waals surface area contributed by atoms with Crippen molar-refractivity contribution in [2.45, 2.75) is 19.8 Å². The van der Waals surface area contributed by atoms with Crippen LogP contribution in [0.3, 0.4) is 0 Å². The average Bonchev–Trinajstić information content (AvgIpc) is 3.09. The van der Waals surface area contributed by atoms with Gasteiger partial charge in [0.1, 0.15) is 5.75 Å². The van der Waals surface area contributed by atoms with E-state index in [1.54, 1.807) is 19.5 Å². The number of rotatable bonds is 5. The summed E-state index contributed by atoms with van der Waals surface area (Å²) in [6.07, 6.45) is 3.54. The lowest BCUT2D eigenvalue weighted by Crippen LogP contribution is -2.19. The second-order valence-electron chi connectivity index (χ2n) is 8.51. The lowest BCUT2D eigenvalue weighted by Gasteiger charge is -2.12. The van der Waals surface area contributed by atoms with Crippen LogP contribution in [-0.4, -0.2) is 23.6 Å². The zero-order valence-electron chi connectivity index (χ0n) is 19.5. The molecule has 0 spiro atoms. The van der Waals surface area contributed by atoms with E-state index >= 15 is 0 Å². The zero-order chi connectivity index (χ0) is 23.5. The first-order valence-corrected chi connectivity index (χ1v) is 11.3. The predicted molar refractivity (Wildman–Crippen MR) is 138 cm³/mol. The number of nitrogens with zero attached hydrogens (tertiary/aromatic N) is 3. The Labute approximate surface area is 199 Å². The van der Waals surface area contributed by atoms with Gasteiger partial charge in [0.2, 0.25) is 0 Å². The summed E-state index contributed by atoms with van der Waals surface area (Å²) >= 11 is 0. The van der Waals surface area contributed by atoms with Crippen LogP contribution >= 0.6 is 0 Å². The molecule has 5 rings (SSSR count). The van der Waals surface area contributed by atoms with Gasteiger partial charge in [-0.1, -0.05) is 56.3 Å². The Morgan fingerprint density at radius 3 is 2.15 bits per heavy atom.